The lowest BCUT2D eigenvalue weighted by molar-refractivity contribution is -0.134. The van der Waals surface area contributed by atoms with Crippen LogP contribution in [0.4, 0.5) is 14.9 Å². The van der Waals surface area contributed by atoms with Gasteiger partial charge in [0.25, 0.3) is 0 Å². The van der Waals surface area contributed by atoms with Crippen LogP contribution in [0.3, 0.4) is 0 Å². The van der Waals surface area contributed by atoms with Crippen LogP contribution in [0.2, 0.25) is 0 Å². The van der Waals surface area contributed by atoms with E-state index in [1.165, 1.54) is 6.07 Å². The fraction of sp³-hybridized carbons (Fsp3) is 0.444. The Morgan fingerprint density at radius 2 is 1.69 bits per heavy atom. The summed E-state index contributed by atoms with van der Waals surface area (Å²) < 4.78 is 21.2. The summed E-state index contributed by atoms with van der Waals surface area (Å²) in [6.45, 7) is 3.13. The number of nitrogens with one attached hydrogen (secondary N) is 1. The third-order valence-corrected chi connectivity index (χ3v) is 8.22. The normalized spacial score (nSPS) is 24.1. The Hall–Kier alpha value is -3.62. The van der Waals surface area contributed by atoms with Gasteiger partial charge in [-0.05, 0) is 31.0 Å². The van der Waals surface area contributed by atoms with Crippen molar-refractivity contribution in [2.45, 2.75) is 30.3 Å². The molecule has 3 amide bonds. The number of benzene rings is 2. The smallest absolute Gasteiger partial charge is 0.339 e. The highest BCUT2D eigenvalue weighted by Crippen LogP contribution is 2.53. The molecule has 1 saturated carbocycles. The predicted molar refractivity (Wildman–Crippen MR) is 130 cm³/mol. The number of piperazine rings is 1. The minimum absolute atomic E-state index is 0.0920. The molecule has 188 valence electrons. The Morgan fingerprint density at radius 3 is 2.39 bits per heavy atom. The number of amides is 3. The third kappa shape index (κ3) is 3.43. The zero-order valence-electron chi connectivity index (χ0n) is 20.3. The largest absolute Gasteiger partial charge is 0.449 e. The lowest BCUT2D eigenvalue weighted by Gasteiger charge is -2.36. The molecule has 2 saturated heterocycles. The van der Waals surface area contributed by atoms with E-state index in [1.807, 2.05) is 24.3 Å². The number of carbonyl (C=O) groups excluding carboxylic acids is 3. The van der Waals surface area contributed by atoms with Gasteiger partial charge in [0.15, 0.2) is 5.60 Å². The minimum Gasteiger partial charge on any atom is -0.449 e. The SMILES string of the molecule is CNC(=O)N1CCN(c2ccc(C3(C(=O)N4CC[C@@]5(C4)OC(=O)c4ccccc45)CC3)c(F)c2)CC1. The molecule has 1 N–H and O–H groups in total. The number of rotatable bonds is 3. The van der Waals surface area contributed by atoms with Crippen molar-refractivity contribution in [3.8, 4) is 0 Å². The van der Waals surface area contributed by atoms with Crippen LogP contribution in [0.1, 0.15) is 40.7 Å². The molecule has 1 spiro atoms. The Morgan fingerprint density at radius 1 is 0.944 bits per heavy atom. The van der Waals surface area contributed by atoms with Crippen LogP contribution in [0.15, 0.2) is 42.5 Å². The zero-order valence-corrected chi connectivity index (χ0v) is 20.3. The maximum atomic E-state index is 15.4. The summed E-state index contributed by atoms with van der Waals surface area (Å²) in [5.74, 6) is -0.817. The number of ether oxygens (including phenoxy) is 1. The Labute approximate surface area is 209 Å². The van der Waals surface area contributed by atoms with Gasteiger partial charge in [0, 0.05) is 63.0 Å². The topological polar surface area (TPSA) is 82.2 Å². The van der Waals surface area contributed by atoms with Crippen LogP contribution in [0.5, 0.6) is 0 Å². The lowest BCUT2D eigenvalue weighted by Crippen LogP contribution is -2.51. The lowest BCUT2D eigenvalue weighted by atomic mass is 9.91. The second-order valence-corrected chi connectivity index (χ2v) is 10.2. The van der Waals surface area contributed by atoms with Gasteiger partial charge in [0.1, 0.15) is 5.82 Å². The van der Waals surface area contributed by atoms with Crippen LogP contribution in [0, 0.1) is 5.82 Å². The van der Waals surface area contributed by atoms with Gasteiger partial charge < -0.3 is 24.8 Å². The van der Waals surface area contributed by atoms with Gasteiger partial charge in [-0.25, -0.2) is 14.0 Å². The molecule has 9 heteroatoms. The maximum absolute atomic E-state index is 15.4. The fourth-order valence-electron chi connectivity index (χ4n) is 6.05. The number of hydrogen-bond acceptors (Lipinski definition) is 5. The standard InChI is InChI=1S/C27H29FN4O4/c1-29-25(35)31-14-12-30(13-15-31)18-6-7-21(22(28)16-18)26(8-9-26)24(34)32-11-10-27(17-32)20-5-3-2-4-19(20)23(33)36-27/h2-7,16H,8-15,17H2,1H3,(H,29,35)/t27-/m0/s1. The van der Waals surface area contributed by atoms with Crippen LogP contribution >= 0.6 is 0 Å². The molecule has 0 unspecified atom stereocenters. The van der Waals surface area contributed by atoms with E-state index in [0.29, 0.717) is 69.7 Å². The van der Waals surface area contributed by atoms with Gasteiger partial charge in [-0.15, -0.1) is 0 Å². The van der Waals surface area contributed by atoms with Gasteiger partial charge in [0.2, 0.25) is 5.91 Å². The Balaban J connectivity index is 1.18. The monoisotopic (exact) mass is 492 g/mol. The summed E-state index contributed by atoms with van der Waals surface area (Å²) in [6, 6.07) is 12.4. The van der Waals surface area contributed by atoms with E-state index in [2.05, 4.69) is 10.2 Å². The Kier molecular flexibility index (Phi) is 5.21. The molecule has 3 aliphatic heterocycles. The summed E-state index contributed by atoms with van der Waals surface area (Å²) in [5, 5.41) is 2.63. The van der Waals surface area contributed by atoms with E-state index >= 15 is 4.39 Å². The highest BCUT2D eigenvalue weighted by atomic mass is 19.1. The second-order valence-electron chi connectivity index (χ2n) is 10.2. The van der Waals surface area contributed by atoms with E-state index in [9.17, 15) is 14.4 Å². The van der Waals surface area contributed by atoms with Gasteiger partial charge in [0.05, 0.1) is 17.5 Å². The van der Waals surface area contributed by atoms with Crippen molar-refractivity contribution in [2.24, 2.45) is 0 Å². The summed E-state index contributed by atoms with van der Waals surface area (Å²) in [5.41, 5.74) is 0.927. The first kappa shape index (κ1) is 22.8. The quantitative estimate of drug-likeness (QED) is 0.667. The molecule has 2 aromatic carbocycles. The maximum Gasteiger partial charge on any atom is 0.339 e. The second kappa shape index (κ2) is 8.21. The van der Waals surface area contributed by atoms with Gasteiger partial charge in [-0.1, -0.05) is 24.3 Å². The van der Waals surface area contributed by atoms with Crippen molar-refractivity contribution in [1.82, 2.24) is 15.1 Å². The first-order valence-electron chi connectivity index (χ1n) is 12.5. The molecule has 4 aliphatic rings. The fourth-order valence-corrected chi connectivity index (χ4v) is 6.05. The van der Waals surface area contributed by atoms with Crippen molar-refractivity contribution in [2.75, 3.05) is 51.2 Å². The molecular weight excluding hydrogens is 463 g/mol. The van der Waals surface area contributed by atoms with E-state index in [0.717, 1.165) is 11.3 Å². The predicted octanol–water partition coefficient (Wildman–Crippen LogP) is 2.62. The molecular formula is C27H29FN4O4. The molecule has 3 fully saturated rings. The average molecular weight is 493 g/mol. The number of anilines is 1. The molecule has 36 heavy (non-hydrogen) atoms. The number of urea groups is 1. The molecule has 6 rings (SSSR count). The van der Waals surface area contributed by atoms with Crippen LogP contribution < -0.4 is 10.2 Å². The number of nitrogens with zero attached hydrogens (tertiary/aromatic N) is 3. The summed E-state index contributed by atoms with van der Waals surface area (Å²) in [7, 11) is 1.61. The van der Waals surface area contributed by atoms with Crippen LogP contribution in [0.25, 0.3) is 0 Å². The van der Waals surface area contributed by atoms with Gasteiger partial charge in [-0.3, -0.25) is 4.79 Å². The summed E-state index contributed by atoms with van der Waals surface area (Å²) in [4.78, 5) is 43.5. The van der Waals surface area contributed by atoms with E-state index in [4.69, 9.17) is 4.74 Å². The highest BCUT2D eigenvalue weighted by molar-refractivity contribution is 5.96. The number of fused-ring (bicyclic) bond motifs is 2. The first-order chi connectivity index (χ1) is 17.4. The first-order valence-corrected chi connectivity index (χ1v) is 12.5. The van der Waals surface area contributed by atoms with Gasteiger partial charge in [-0.2, -0.15) is 0 Å². The van der Waals surface area contributed by atoms with E-state index < -0.39 is 11.0 Å². The molecule has 0 bridgehead atoms. The number of halogens is 1. The third-order valence-electron chi connectivity index (χ3n) is 8.22. The number of hydrogen-bond donors (Lipinski definition) is 1. The van der Waals surface area contributed by atoms with Crippen molar-refractivity contribution < 1.29 is 23.5 Å². The molecule has 0 radical (unpaired) electrons. The molecule has 3 heterocycles. The molecule has 8 nitrogen and oxygen atoms in total. The van der Waals surface area contributed by atoms with Crippen LogP contribution in [-0.4, -0.2) is 74.0 Å². The highest BCUT2D eigenvalue weighted by Gasteiger charge is 2.58. The van der Waals surface area contributed by atoms with Crippen molar-refractivity contribution in [1.29, 1.82) is 0 Å². The van der Waals surface area contributed by atoms with Gasteiger partial charge >= 0.3 is 12.0 Å². The number of esters is 1. The van der Waals surface area contributed by atoms with Crippen LogP contribution in [-0.2, 0) is 20.5 Å². The summed E-state index contributed by atoms with van der Waals surface area (Å²) >= 11 is 0. The van der Waals surface area contributed by atoms with Crippen molar-refractivity contribution >= 4 is 23.6 Å². The Bertz CT molecular complexity index is 1250. The zero-order chi connectivity index (χ0) is 25.1. The van der Waals surface area contributed by atoms with Crippen molar-refractivity contribution in [3.63, 3.8) is 0 Å². The van der Waals surface area contributed by atoms with Crippen molar-refractivity contribution in [3.05, 3.63) is 65.0 Å². The number of carbonyl (C=O) groups is 3. The molecule has 0 aromatic heterocycles. The molecule has 1 atom stereocenters. The average Bonchev–Trinajstić information content (AvgIpc) is 3.52. The van der Waals surface area contributed by atoms with E-state index in [-0.39, 0.29) is 23.7 Å². The van der Waals surface area contributed by atoms with E-state index in [1.54, 1.807) is 29.0 Å². The minimum atomic E-state index is -0.853. The molecule has 1 aliphatic carbocycles. The summed E-state index contributed by atoms with van der Waals surface area (Å²) in [6.07, 6.45) is 1.75. The molecule has 2 aromatic rings. The number of likely N-dealkylation sites (tertiary alicyclic amines) is 1.